The number of thioether (sulfide) groups is 1. The number of ether oxygens (including phenoxy) is 1. The molecule has 4 rings (SSSR count). The molecule has 0 bridgehead atoms. The van der Waals surface area contributed by atoms with Gasteiger partial charge < -0.3 is 10.1 Å². The standard InChI is InChI=1S/C25H25N3O3S2/c1-2-14-31-20-12-10-19(11-13-20)26-24(30)22-16-23(29)28(17-21-9-6-15-32-21)25(33-22)27-18-7-4-3-5-8-18/h3-13,15,22H,2,14,16-17H2,1H3,(H,26,30). The van der Waals surface area contributed by atoms with E-state index < -0.39 is 5.25 Å². The fraction of sp³-hybridized carbons (Fsp3) is 0.240. The van der Waals surface area contributed by atoms with Crippen LogP contribution in [0.1, 0.15) is 24.6 Å². The van der Waals surface area contributed by atoms with Gasteiger partial charge in [0.25, 0.3) is 0 Å². The molecule has 1 atom stereocenters. The quantitative estimate of drug-likeness (QED) is 0.450. The van der Waals surface area contributed by atoms with E-state index in [1.165, 1.54) is 11.8 Å². The first-order valence-electron chi connectivity index (χ1n) is 10.8. The fourth-order valence-electron chi connectivity index (χ4n) is 3.25. The number of para-hydroxylation sites is 1. The maximum absolute atomic E-state index is 13.1. The molecule has 0 spiro atoms. The molecule has 6 nitrogen and oxygen atoms in total. The molecule has 2 aromatic carbocycles. The zero-order chi connectivity index (χ0) is 23.0. The molecule has 33 heavy (non-hydrogen) atoms. The van der Waals surface area contributed by atoms with E-state index in [-0.39, 0.29) is 18.2 Å². The molecule has 1 aliphatic heterocycles. The fourth-order valence-corrected chi connectivity index (χ4v) is 5.04. The van der Waals surface area contributed by atoms with Gasteiger partial charge in [0, 0.05) is 17.0 Å². The summed E-state index contributed by atoms with van der Waals surface area (Å²) in [5.74, 6) is 0.436. The predicted octanol–water partition coefficient (Wildman–Crippen LogP) is 5.70. The number of nitrogens with one attached hydrogen (secondary N) is 1. The highest BCUT2D eigenvalue weighted by Crippen LogP contribution is 2.31. The van der Waals surface area contributed by atoms with Gasteiger partial charge in [0.05, 0.1) is 18.8 Å². The number of hydrogen-bond donors (Lipinski definition) is 1. The third-order valence-corrected chi connectivity index (χ3v) is 6.95. The second-order valence-corrected chi connectivity index (χ2v) is 9.66. The van der Waals surface area contributed by atoms with E-state index in [2.05, 4.69) is 12.2 Å². The average molecular weight is 480 g/mol. The van der Waals surface area contributed by atoms with Crippen LogP contribution in [0.15, 0.2) is 77.1 Å². The monoisotopic (exact) mass is 479 g/mol. The highest BCUT2D eigenvalue weighted by molar-refractivity contribution is 8.15. The minimum atomic E-state index is -0.560. The van der Waals surface area contributed by atoms with Gasteiger partial charge in [0.2, 0.25) is 11.8 Å². The molecule has 1 aromatic heterocycles. The third kappa shape index (κ3) is 6.24. The molecule has 1 unspecified atom stereocenters. The summed E-state index contributed by atoms with van der Waals surface area (Å²) in [5.41, 5.74) is 1.41. The van der Waals surface area contributed by atoms with Crippen LogP contribution in [0.5, 0.6) is 5.75 Å². The van der Waals surface area contributed by atoms with Crippen LogP contribution in [0.2, 0.25) is 0 Å². The predicted molar refractivity (Wildman–Crippen MR) is 135 cm³/mol. The Bertz CT molecular complexity index is 1100. The molecule has 170 valence electrons. The number of amides is 2. The summed E-state index contributed by atoms with van der Waals surface area (Å²) >= 11 is 2.92. The Morgan fingerprint density at radius 2 is 1.91 bits per heavy atom. The van der Waals surface area contributed by atoms with E-state index in [0.717, 1.165) is 22.7 Å². The topological polar surface area (TPSA) is 71.0 Å². The molecule has 1 fully saturated rings. The number of carbonyl (C=O) groups is 2. The Morgan fingerprint density at radius 3 is 2.61 bits per heavy atom. The zero-order valence-corrected chi connectivity index (χ0v) is 19.9. The summed E-state index contributed by atoms with van der Waals surface area (Å²) in [7, 11) is 0. The van der Waals surface area contributed by atoms with Gasteiger partial charge >= 0.3 is 0 Å². The molecule has 1 N–H and O–H groups in total. The number of carbonyl (C=O) groups excluding carboxylic acids is 2. The maximum Gasteiger partial charge on any atom is 0.238 e. The molecule has 0 saturated carbocycles. The van der Waals surface area contributed by atoms with Gasteiger partial charge in [-0.05, 0) is 54.3 Å². The molecule has 2 amide bonds. The number of aliphatic imine (C=N–C) groups is 1. The van der Waals surface area contributed by atoms with E-state index in [9.17, 15) is 9.59 Å². The number of benzene rings is 2. The van der Waals surface area contributed by atoms with Crippen molar-refractivity contribution in [3.05, 3.63) is 77.0 Å². The number of thiophene rings is 1. The lowest BCUT2D eigenvalue weighted by molar-refractivity contribution is -0.129. The largest absolute Gasteiger partial charge is 0.494 e. The van der Waals surface area contributed by atoms with Crippen LogP contribution in [0.4, 0.5) is 11.4 Å². The molecule has 1 saturated heterocycles. The van der Waals surface area contributed by atoms with Gasteiger partial charge in [0.1, 0.15) is 11.0 Å². The summed E-state index contributed by atoms with van der Waals surface area (Å²) in [4.78, 5) is 33.5. The Kier molecular flexibility index (Phi) is 7.80. The van der Waals surface area contributed by atoms with Gasteiger partial charge in [-0.25, -0.2) is 4.99 Å². The van der Waals surface area contributed by atoms with Crippen molar-refractivity contribution in [1.82, 2.24) is 4.90 Å². The molecule has 1 aliphatic rings. The van der Waals surface area contributed by atoms with Crippen molar-refractivity contribution >= 4 is 51.5 Å². The molecule has 0 radical (unpaired) electrons. The number of hydrogen-bond acceptors (Lipinski definition) is 6. The van der Waals surface area contributed by atoms with Crippen molar-refractivity contribution in [2.75, 3.05) is 11.9 Å². The van der Waals surface area contributed by atoms with Crippen LogP contribution in [0.3, 0.4) is 0 Å². The van der Waals surface area contributed by atoms with E-state index in [1.54, 1.807) is 28.4 Å². The number of anilines is 1. The lowest BCUT2D eigenvalue weighted by Gasteiger charge is -2.31. The first-order valence-corrected chi connectivity index (χ1v) is 12.5. The van der Waals surface area contributed by atoms with Gasteiger partial charge in [-0.2, -0.15) is 0 Å². The summed E-state index contributed by atoms with van der Waals surface area (Å²) in [5, 5.41) is 4.88. The summed E-state index contributed by atoms with van der Waals surface area (Å²) in [6.07, 6.45) is 1.05. The average Bonchev–Trinajstić information content (AvgIpc) is 3.34. The molecular weight excluding hydrogens is 454 g/mol. The van der Waals surface area contributed by atoms with Gasteiger partial charge in [-0.1, -0.05) is 43.0 Å². The molecule has 2 heterocycles. The first kappa shape index (κ1) is 23.1. The van der Waals surface area contributed by atoms with Crippen LogP contribution >= 0.6 is 23.1 Å². The van der Waals surface area contributed by atoms with Crippen LogP contribution < -0.4 is 10.1 Å². The molecule has 8 heteroatoms. The minimum absolute atomic E-state index is 0.111. The van der Waals surface area contributed by atoms with Crippen molar-refractivity contribution in [3.8, 4) is 5.75 Å². The van der Waals surface area contributed by atoms with Crippen LogP contribution in [0, 0.1) is 0 Å². The van der Waals surface area contributed by atoms with E-state index in [4.69, 9.17) is 9.73 Å². The van der Waals surface area contributed by atoms with Gasteiger partial charge in [-0.15, -0.1) is 11.3 Å². The third-order valence-electron chi connectivity index (χ3n) is 4.90. The number of rotatable bonds is 8. The van der Waals surface area contributed by atoms with E-state index >= 15 is 0 Å². The maximum atomic E-state index is 13.1. The van der Waals surface area contributed by atoms with Crippen LogP contribution in [-0.2, 0) is 16.1 Å². The van der Waals surface area contributed by atoms with Crippen LogP contribution in [-0.4, -0.2) is 33.7 Å². The Hall–Kier alpha value is -3.10. The highest BCUT2D eigenvalue weighted by Gasteiger charge is 2.36. The van der Waals surface area contributed by atoms with E-state index in [1.807, 2.05) is 60.0 Å². The van der Waals surface area contributed by atoms with Gasteiger partial charge in [-0.3, -0.25) is 14.5 Å². The summed E-state index contributed by atoms with van der Waals surface area (Å²) < 4.78 is 5.59. The SMILES string of the molecule is CCCOc1ccc(NC(=O)C2CC(=O)N(Cc3cccs3)C(=Nc3ccccc3)S2)cc1. The summed E-state index contributed by atoms with van der Waals surface area (Å²) in [6, 6.07) is 20.7. The lowest BCUT2D eigenvalue weighted by Crippen LogP contribution is -2.44. The Morgan fingerprint density at radius 1 is 1.12 bits per heavy atom. The van der Waals surface area contributed by atoms with Crippen molar-refractivity contribution in [2.24, 2.45) is 4.99 Å². The highest BCUT2D eigenvalue weighted by atomic mass is 32.2. The Labute approximate surface area is 201 Å². The Balaban J connectivity index is 1.49. The van der Waals surface area contributed by atoms with Crippen molar-refractivity contribution < 1.29 is 14.3 Å². The molecule has 3 aromatic rings. The lowest BCUT2D eigenvalue weighted by atomic mass is 10.2. The number of amidine groups is 1. The number of nitrogens with zero attached hydrogens (tertiary/aromatic N) is 2. The van der Waals surface area contributed by atoms with Crippen LogP contribution in [0.25, 0.3) is 0 Å². The minimum Gasteiger partial charge on any atom is -0.494 e. The first-order chi connectivity index (χ1) is 16.1. The second-order valence-electron chi connectivity index (χ2n) is 7.46. The van der Waals surface area contributed by atoms with E-state index in [0.29, 0.717) is 24.0 Å². The molecular formula is C25H25N3O3S2. The zero-order valence-electron chi connectivity index (χ0n) is 18.3. The van der Waals surface area contributed by atoms with Crippen molar-refractivity contribution in [3.63, 3.8) is 0 Å². The van der Waals surface area contributed by atoms with Crippen molar-refractivity contribution in [1.29, 1.82) is 0 Å². The van der Waals surface area contributed by atoms with Crippen molar-refractivity contribution in [2.45, 2.75) is 31.6 Å². The summed E-state index contributed by atoms with van der Waals surface area (Å²) in [6.45, 7) is 3.15. The normalized spacial score (nSPS) is 17.2. The van der Waals surface area contributed by atoms with Gasteiger partial charge in [0.15, 0.2) is 5.17 Å². The smallest absolute Gasteiger partial charge is 0.238 e. The second kappa shape index (κ2) is 11.2. The molecule has 0 aliphatic carbocycles.